The molecule has 0 aromatic rings. The minimum atomic E-state index is -0.809. The maximum absolute atomic E-state index is 13.2. The summed E-state index contributed by atoms with van der Waals surface area (Å²) >= 11 is 0. The SMILES string of the molecule is CC\C=C/C=C/C=C/C=C\C=C\C=C\CCCC(CC(=O)NC(CO)C(O)CCCCCCCCCCCCCCCCC)OC(=O)CCCCCCCCCCCCCCCCC. The Morgan fingerprint density at radius 2 is 0.844 bits per heavy atom. The van der Waals surface area contributed by atoms with E-state index in [0.717, 1.165) is 57.8 Å². The van der Waals surface area contributed by atoms with Crippen LogP contribution in [0.15, 0.2) is 72.9 Å². The van der Waals surface area contributed by atoms with Gasteiger partial charge in [0.1, 0.15) is 6.10 Å². The molecular weight excluding hydrogens is 791 g/mol. The summed E-state index contributed by atoms with van der Waals surface area (Å²) in [5.74, 6) is -0.543. The number of amides is 1. The van der Waals surface area contributed by atoms with Gasteiger partial charge in [-0.25, -0.2) is 0 Å². The molecule has 0 aliphatic carbocycles. The molecule has 0 heterocycles. The number of unbranched alkanes of at least 4 members (excludes halogenated alkanes) is 29. The zero-order valence-corrected chi connectivity index (χ0v) is 42.1. The highest BCUT2D eigenvalue weighted by molar-refractivity contribution is 5.77. The van der Waals surface area contributed by atoms with Crippen molar-refractivity contribution >= 4 is 11.9 Å². The first-order valence-electron chi connectivity index (χ1n) is 27.2. The van der Waals surface area contributed by atoms with Crippen molar-refractivity contribution in [3.8, 4) is 0 Å². The van der Waals surface area contributed by atoms with Gasteiger partial charge in [-0.3, -0.25) is 9.59 Å². The van der Waals surface area contributed by atoms with Gasteiger partial charge in [0.15, 0.2) is 0 Å². The van der Waals surface area contributed by atoms with Gasteiger partial charge in [-0.1, -0.05) is 280 Å². The van der Waals surface area contributed by atoms with Crippen molar-refractivity contribution in [1.29, 1.82) is 0 Å². The van der Waals surface area contributed by atoms with E-state index in [0.29, 0.717) is 19.3 Å². The van der Waals surface area contributed by atoms with Crippen LogP contribution in [0.4, 0.5) is 0 Å². The van der Waals surface area contributed by atoms with Crippen LogP contribution in [0.25, 0.3) is 0 Å². The summed E-state index contributed by atoms with van der Waals surface area (Å²) < 4.78 is 5.91. The van der Waals surface area contributed by atoms with E-state index in [2.05, 4.69) is 38.2 Å². The molecule has 6 nitrogen and oxygen atoms in total. The fraction of sp³-hybridized carbons (Fsp3) is 0.759. The lowest BCUT2D eigenvalue weighted by Crippen LogP contribution is -2.46. The molecule has 3 unspecified atom stereocenters. The molecule has 0 radical (unpaired) electrons. The van der Waals surface area contributed by atoms with E-state index >= 15 is 0 Å². The molecule has 0 aliphatic rings. The first kappa shape index (κ1) is 61.3. The average Bonchev–Trinajstić information content (AvgIpc) is 3.29. The smallest absolute Gasteiger partial charge is 0.306 e. The third-order valence-corrected chi connectivity index (χ3v) is 12.2. The van der Waals surface area contributed by atoms with Gasteiger partial charge in [-0.05, 0) is 38.5 Å². The standard InChI is InChI=1S/C58H103NO5/c1-4-7-10-13-16-19-22-25-28-31-34-37-40-43-46-49-54(64-58(63)51-48-45-42-39-36-33-30-27-24-21-18-15-12-9-6-3)52-57(62)59-55(53-60)56(61)50-47-44-41-38-35-32-29-26-23-20-17-14-11-8-5-2/h7,10,13,16,19,22,25,28,31,34,37,40,54-56,60-61H,4-6,8-9,11-12,14-15,17-18,20-21,23-24,26-27,29-30,32-33,35-36,38-39,41-53H2,1-3H3,(H,59,62)/b10-7-,16-13+,22-19+,28-25-,34-31+,40-37+. The summed E-state index contributed by atoms with van der Waals surface area (Å²) in [5, 5.41) is 23.8. The highest BCUT2D eigenvalue weighted by Gasteiger charge is 2.24. The predicted molar refractivity (Wildman–Crippen MR) is 278 cm³/mol. The zero-order valence-electron chi connectivity index (χ0n) is 42.1. The van der Waals surface area contributed by atoms with E-state index in [1.54, 1.807) is 0 Å². The van der Waals surface area contributed by atoms with Gasteiger partial charge < -0.3 is 20.3 Å². The number of nitrogens with one attached hydrogen (secondary N) is 1. The van der Waals surface area contributed by atoms with E-state index < -0.39 is 18.2 Å². The third-order valence-electron chi connectivity index (χ3n) is 12.2. The number of hydrogen-bond acceptors (Lipinski definition) is 5. The molecule has 370 valence electrons. The van der Waals surface area contributed by atoms with Gasteiger partial charge in [-0.15, -0.1) is 0 Å². The topological polar surface area (TPSA) is 95.9 Å². The van der Waals surface area contributed by atoms with Gasteiger partial charge in [0.2, 0.25) is 5.91 Å². The molecule has 64 heavy (non-hydrogen) atoms. The van der Waals surface area contributed by atoms with Crippen LogP contribution in [0.1, 0.15) is 258 Å². The minimum absolute atomic E-state index is 0.0266. The third kappa shape index (κ3) is 45.9. The fourth-order valence-corrected chi connectivity index (χ4v) is 8.12. The van der Waals surface area contributed by atoms with Crippen molar-refractivity contribution in [2.75, 3.05) is 6.61 Å². The summed E-state index contributed by atoms with van der Waals surface area (Å²) in [6.45, 7) is 6.33. The van der Waals surface area contributed by atoms with E-state index in [4.69, 9.17) is 4.74 Å². The lowest BCUT2D eigenvalue weighted by molar-refractivity contribution is -0.151. The molecule has 0 aromatic heterocycles. The van der Waals surface area contributed by atoms with Gasteiger partial charge in [0, 0.05) is 6.42 Å². The van der Waals surface area contributed by atoms with Crippen LogP contribution in [0.2, 0.25) is 0 Å². The van der Waals surface area contributed by atoms with Crippen molar-refractivity contribution in [3.05, 3.63) is 72.9 Å². The Labute approximate surface area is 396 Å². The molecule has 3 atom stereocenters. The summed E-state index contributed by atoms with van der Waals surface area (Å²) in [4.78, 5) is 26.2. The molecular formula is C58H103NO5. The van der Waals surface area contributed by atoms with Crippen molar-refractivity contribution < 1.29 is 24.5 Å². The lowest BCUT2D eigenvalue weighted by atomic mass is 10.0. The fourth-order valence-electron chi connectivity index (χ4n) is 8.12. The van der Waals surface area contributed by atoms with Crippen LogP contribution in [0, 0.1) is 0 Å². The summed E-state index contributed by atoms with van der Waals surface area (Å²) in [7, 11) is 0. The largest absolute Gasteiger partial charge is 0.462 e. The molecule has 3 N–H and O–H groups in total. The first-order chi connectivity index (χ1) is 31.5. The van der Waals surface area contributed by atoms with Gasteiger partial charge in [0.25, 0.3) is 0 Å². The van der Waals surface area contributed by atoms with Crippen LogP contribution in [-0.2, 0) is 14.3 Å². The van der Waals surface area contributed by atoms with Crippen LogP contribution >= 0.6 is 0 Å². The molecule has 0 spiro atoms. The molecule has 0 fully saturated rings. The molecule has 0 rings (SSSR count). The summed E-state index contributed by atoms with van der Waals surface area (Å²) in [5.41, 5.74) is 0. The quantitative estimate of drug-likeness (QED) is 0.0321. The van der Waals surface area contributed by atoms with Crippen molar-refractivity contribution in [1.82, 2.24) is 5.32 Å². The number of allylic oxidation sites excluding steroid dienone is 12. The monoisotopic (exact) mass is 894 g/mol. The maximum Gasteiger partial charge on any atom is 0.306 e. The maximum atomic E-state index is 13.2. The second-order valence-electron chi connectivity index (χ2n) is 18.4. The van der Waals surface area contributed by atoms with Crippen molar-refractivity contribution in [2.24, 2.45) is 0 Å². The van der Waals surface area contributed by atoms with E-state index in [9.17, 15) is 19.8 Å². The number of ether oxygens (including phenoxy) is 1. The van der Waals surface area contributed by atoms with Crippen LogP contribution in [0.3, 0.4) is 0 Å². The number of aliphatic hydroxyl groups excluding tert-OH is 2. The number of aliphatic hydroxyl groups is 2. The van der Waals surface area contributed by atoms with Crippen LogP contribution in [-0.4, -0.2) is 46.9 Å². The molecule has 0 aromatic carbocycles. The minimum Gasteiger partial charge on any atom is -0.462 e. The van der Waals surface area contributed by atoms with Crippen LogP contribution in [0.5, 0.6) is 0 Å². The van der Waals surface area contributed by atoms with E-state index in [1.807, 2.05) is 60.8 Å². The van der Waals surface area contributed by atoms with E-state index in [1.165, 1.54) is 154 Å². The normalized spacial score (nSPS) is 13.8. The van der Waals surface area contributed by atoms with Crippen molar-refractivity contribution in [3.63, 3.8) is 0 Å². The van der Waals surface area contributed by atoms with Gasteiger partial charge >= 0.3 is 5.97 Å². The molecule has 0 saturated heterocycles. The Kier molecular flexibility index (Phi) is 49.1. The molecule has 0 aliphatic heterocycles. The zero-order chi connectivity index (χ0) is 46.7. The Morgan fingerprint density at radius 1 is 0.469 bits per heavy atom. The van der Waals surface area contributed by atoms with Crippen molar-refractivity contribution in [2.45, 2.75) is 277 Å². The lowest BCUT2D eigenvalue weighted by Gasteiger charge is -2.24. The Hall–Kier alpha value is -2.70. The highest BCUT2D eigenvalue weighted by Crippen LogP contribution is 2.18. The number of carbonyl (C=O) groups is 2. The number of esters is 1. The molecule has 0 bridgehead atoms. The Balaban J connectivity index is 4.67. The number of carbonyl (C=O) groups excluding carboxylic acids is 2. The average molecular weight is 894 g/mol. The molecule has 0 saturated carbocycles. The summed E-state index contributed by atoms with van der Waals surface area (Å²) in [6, 6.07) is -0.727. The van der Waals surface area contributed by atoms with E-state index in [-0.39, 0.29) is 24.9 Å². The number of rotatable bonds is 48. The Bertz CT molecular complexity index is 1190. The second-order valence-corrected chi connectivity index (χ2v) is 18.4. The highest BCUT2D eigenvalue weighted by atomic mass is 16.5. The molecule has 6 heteroatoms. The predicted octanol–water partition coefficient (Wildman–Crippen LogP) is 16.6. The van der Waals surface area contributed by atoms with Gasteiger partial charge in [-0.2, -0.15) is 0 Å². The van der Waals surface area contributed by atoms with Gasteiger partial charge in [0.05, 0.1) is 25.2 Å². The Morgan fingerprint density at radius 3 is 1.25 bits per heavy atom. The second kappa shape index (κ2) is 51.3. The molecule has 1 amide bonds. The number of hydrogen-bond donors (Lipinski definition) is 3. The van der Waals surface area contributed by atoms with Crippen LogP contribution < -0.4 is 5.32 Å². The summed E-state index contributed by atoms with van der Waals surface area (Å²) in [6.07, 6.45) is 65.4. The first-order valence-corrected chi connectivity index (χ1v) is 27.2.